The second kappa shape index (κ2) is 13.3. The van der Waals surface area contributed by atoms with Crippen molar-refractivity contribution in [2.45, 2.75) is 83.4 Å². The molecule has 40 heavy (non-hydrogen) atoms. The Morgan fingerprint density at radius 1 is 0.725 bits per heavy atom. The van der Waals surface area contributed by atoms with Crippen molar-refractivity contribution in [3.63, 3.8) is 0 Å². The Hall–Kier alpha value is -2.75. The fourth-order valence-corrected chi connectivity index (χ4v) is 7.20. The summed E-state index contributed by atoms with van der Waals surface area (Å²) in [6.07, 6.45) is 17.0. The minimum Gasteiger partial charge on any atom is -0.207 e. The maximum Gasteiger partial charge on any atom is 0.166 e. The topological polar surface area (TPSA) is 0 Å². The summed E-state index contributed by atoms with van der Waals surface area (Å²) in [5.74, 6) is 0.916. The molecule has 208 valence electrons. The van der Waals surface area contributed by atoms with E-state index >= 15 is 4.39 Å². The van der Waals surface area contributed by atoms with Crippen LogP contribution in [0.3, 0.4) is 0 Å². The zero-order chi connectivity index (χ0) is 28.1. The second-order valence-electron chi connectivity index (χ2n) is 12.0. The van der Waals surface area contributed by atoms with Gasteiger partial charge in [-0.1, -0.05) is 79.8 Å². The highest BCUT2D eigenvalue weighted by Gasteiger charge is 2.32. The molecule has 0 spiro atoms. The maximum absolute atomic E-state index is 15.3. The molecule has 0 aromatic heterocycles. The van der Waals surface area contributed by atoms with E-state index in [1.54, 1.807) is 24.3 Å². The molecule has 2 aliphatic carbocycles. The molecule has 0 saturated heterocycles. The van der Waals surface area contributed by atoms with Gasteiger partial charge in [-0.05, 0) is 116 Å². The van der Waals surface area contributed by atoms with Gasteiger partial charge in [-0.15, -0.1) is 0 Å². The van der Waals surface area contributed by atoms with Gasteiger partial charge in [0, 0.05) is 5.56 Å². The van der Waals surface area contributed by atoms with Crippen molar-refractivity contribution in [1.82, 2.24) is 0 Å². The Bertz CT molecular complexity index is 1300. The van der Waals surface area contributed by atoms with Gasteiger partial charge in [0.2, 0.25) is 0 Å². The number of hydrogen-bond donors (Lipinski definition) is 0. The molecule has 0 amide bonds. The summed E-state index contributed by atoms with van der Waals surface area (Å²) in [6, 6.07) is 15.8. The molecule has 3 aromatic rings. The highest BCUT2D eigenvalue weighted by Crippen LogP contribution is 2.45. The van der Waals surface area contributed by atoms with Crippen LogP contribution in [0.5, 0.6) is 0 Å². The van der Waals surface area contributed by atoms with E-state index in [0.29, 0.717) is 11.5 Å². The van der Waals surface area contributed by atoms with Gasteiger partial charge in [-0.25, -0.2) is 13.2 Å². The zero-order valence-corrected chi connectivity index (χ0v) is 23.6. The smallest absolute Gasteiger partial charge is 0.166 e. The molecule has 0 nitrogen and oxygen atoms in total. The summed E-state index contributed by atoms with van der Waals surface area (Å²) < 4.78 is 44.1. The van der Waals surface area contributed by atoms with Crippen molar-refractivity contribution < 1.29 is 13.2 Å². The number of rotatable bonds is 8. The number of hydrogen-bond acceptors (Lipinski definition) is 0. The van der Waals surface area contributed by atoms with Crippen molar-refractivity contribution in [2.24, 2.45) is 17.8 Å². The minimum absolute atomic E-state index is 0.0521. The Morgan fingerprint density at radius 3 is 1.98 bits per heavy atom. The van der Waals surface area contributed by atoms with Crippen LogP contribution in [0.4, 0.5) is 13.2 Å². The first-order valence-electron chi connectivity index (χ1n) is 15.2. The highest BCUT2D eigenvalue weighted by molar-refractivity contribution is 6.08. The lowest BCUT2D eigenvalue weighted by Gasteiger charge is -2.38. The molecule has 5 rings (SSSR count). The molecular weight excluding hydrogens is 500 g/mol. The molecule has 2 fully saturated rings. The van der Waals surface area contributed by atoms with Gasteiger partial charge in [0.05, 0.1) is 7.85 Å². The molecule has 3 aromatic carbocycles. The van der Waals surface area contributed by atoms with Crippen molar-refractivity contribution in [3.8, 4) is 22.3 Å². The highest BCUT2D eigenvalue weighted by atomic mass is 19.2. The number of benzene rings is 3. The first-order chi connectivity index (χ1) is 19.5. The standard InChI is InChI=1S/C36H40BF3/c1-2-3-4-5-24-6-8-25(9-7-24)26-10-14-28(15-11-26)32-20-18-30(22-34(32)38)27-12-16-29(17-13-27)33-21-19-31(23-37)35(39)36(33)40/h2-3,12-13,16-22,24-26,28H,4-11,14-15,23H2,1H3/b3-2+. The lowest BCUT2D eigenvalue weighted by Crippen LogP contribution is -2.25. The largest absolute Gasteiger partial charge is 0.207 e. The first kappa shape index (κ1) is 28.8. The van der Waals surface area contributed by atoms with Crippen LogP contribution >= 0.6 is 0 Å². The van der Waals surface area contributed by atoms with Crippen LogP contribution < -0.4 is 0 Å². The van der Waals surface area contributed by atoms with Crippen LogP contribution in [0.1, 0.15) is 88.2 Å². The van der Waals surface area contributed by atoms with Gasteiger partial charge in [-0.2, -0.15) is 0 Å². The molecule has 4 heteroatoms. The fraction of sp³-hybridized carbons (Fsp3) is 0.444. The van der Waals surface area contributed by atoms with E-state index in [9.17, 15) is 8.78 Å². The Morgan fingerprint density at radius 2 is 1.35 bits per heavy atom. The van der Waals surface area contributed by atoms with Gasteiger partial charge in [-0.3, -0.25) is 0 Å². The van der Waals surface area contributed by atoms with E-state index in [4.69, 9.17) is 7.85 Å². The van der Waals surface area contributed by atoms with Crippen molar-refractivity contribution in [3.05, 3.63) is 95.3 Å². The van der Waals surface area contributed by atoms with Crippen LogP contribution in [0.25, 0.3) is 22.3 Å². The average molecular weight is 541 g/mol. The molecule has 0 heterocycles. The summed E-state index contributed by atoms with van der Waals surface area (Å²) in [7, 11) is 5.48. The van der Waals surface area contributed by atoms with Gasteiger partial charge in [0.1, 0.15) is 5.82 Å². The summed E-state index contributed by atoms with van der Waals surface area (Å²) in [5.41, 5.74) is 3.39. The van der Waals surface area contributed by atoms with Gasteiger partial charge in [0.15, 0.2) is 11.6 Å². The van der Waals surface area contributed by atoms with E-state index in [2.05, 4.69) is 19.1 Å². The molecule has 0 aliphatic heterocycles. The molecule has 0 N–H and O–H groups in total. The van der Waals surface area contributed by atoms with Gasteiger partial charge < -0.3 is 0 Å². The van der Waals surface area contributed by atoms with E-state index < -0.39 is 11.6 Å². The van der Waals surface area contributed by atoms with Crippen LogP contribution in [0.15, 0.2) is 66.7 Å². The third kappa shape index (κ3) is 6.42. The lowest BCUT2D eigenvalue weighted by atomic mass is 9.68. The predicted octanol–water partition coefficient (Wildman–Crippen LogP) is 10.5. The van der Waals surface area contributed by atoms with Crippen LogP contribution in [-0.4, -0.2) is 7.85 Å². The second-order valence-corrected chi connectivity index (χ2v) is 12.0. The molecule has 2 aliphatic rings. The van der Waals surface area contributed by atoms with E-state index in [-0.39, 0.29) is 23.3 Å². The van der Waals surface area contributed by atoms with E-state index in [1.165, 1.54) is 57.4 Å². The number of halogens is 3. The maximum atomic E-state index is 15.3. The third-order valence-electron chi connectivity index (χ3n) is 9.66. The SMILES string of the molecule is [B]Cc1ccc(-c2ccc(-c3ccc(C4CCC(C5CCC(CC/C=C/C)CC5)CC4)c(F)c3)cc2)c(F)c1F. The summed E-state index contributed by atoms with van der Waals surface area (Å²) in [4.78, 5) is 0. The van der Waals surface area contributed by atoms with Gasteiger partial charge >= 0.3 is 0 Å². The normalized spacial score (nSPS) is 23.5. The number of allylic oxidation sites excluding steroid dienone is 2. The molecule has 0 unspecified atom stereocenters. The Labute approximate surface area is 239 Å². The average Bonchev–Trinajstić information content (AvgIpc) is 2.99. The zero-order valence-electron chi connectivity index (χ0n) is 23.6. The molecular formula is C36H40BF3. The molecule has 2 saturated carbocycles. The quantitative estimate of drug-likeness (QED) is 0.197. The summed E-state index contributed by atoms with van der Waals surface area (Å²) >= 11 is 0. The van der Waals surface area contributed by atoms with Crippen molar-refractivity contribution in [1.29, 1.82) is 0 Å². The van der Waals surface area contributed by atoms with Crippen molar-refractivity contribution >= 4 is 7.85 Å². The van der Waals surface area contributed by atoms with Gasteiger partial charge in [0.25, 0.3) is 0 Å². The monoisotopic (exact) mass is 540 g/mol. The van der Waals surface area contributed by atoms with Crippen LogP contribution in [0, 0.1) is 35.2 Å². The minimum atomic E-state index is -0.904. The molecule has 0 atom stereocenters. The summed E-state index contributed by atoms with van der Waals surface area (Å²) in [6.45, 7) is 2.10. The Balaban J connectivity index is 1.18. The van der Waals surface area contributed by atoms with Crippen molar-refractivity contribution in [2.75, 3.05) is 0 Å². The Kier molecular flexibility index (Phi) is 9.55. The first-order valence-corrected chi connectivity index (χ1v) is 15.2. The molecule has 0 bridgehead atoms. The van der Waals surface area contributed by atoms with Crippen LogP contribution in [-0.2, 0) is 6.32 Å². The fourth-order valence-electron chi connectivity index (χ4n) is 7.20. The summed E-state index contributed by atoms with van der Waals surface area (Å²) in [5, 5.41) is 0. The third-order valence-corrected chi connectivity index (χ3v) is 9.66. The van der Waals surface area contributed by atoms with E-state index in [1.807, 2.05) is 24.3 Å². The lowest BCUT2D eigenvalue weighted by molar-refractivity contribution is 0.156. The van der Waals surface area contributed by atoms with Crippen LogP contribution in [0.2, 0.25) is 0 Å². The predicted molar refractivity (Wildman–Crippen MR) is 161 cm³/mol. The molecule has 2 radical (unpaired) electrons. The van der Waals surface area contributed by atoms with E-state index in [0.717, 1.165) is 47.3 Å².